The summed E-state index contributed by atoms with van der Waals surface area (Å²) in [7, 11) is 3.32. The average molecular weight is 212 g/mol. The van der Waals surface area contributed by atoms with Crippen molar-refractivity contribution in [1.82, 2.24) is 0 Å². The van der Waals surface area contributed by atoms with Crippen LogP contribution in [0.1, 0.15) is 18.4 Å². The van der Waals surface area contributed by atoms with E-state index in [1.807, 2.05) is 18.2 Å². The first-order valence-electron chi connectivity index (χ1n) is 4.55. The number of ether oxygens (including phenoxy) is 2. The van der Waals surface area contributed by atoms with E-state index in [1.165, 1.54) is 5.56 Å². The molecular formula is C11H16O2S. The highest BCUT2D eigenvalue weighted by Gasteiger charge is 2.10. The molecule has 0 fully saturated rings. The summed E-state index contributed by atoms with van der Waals surface area (Å²) in [5.41, 5.74) is 1.17. The minimum atomic E-state index is 0.388. The number of benzene rings is 1. The molecule has 0 saturated carbocycles. The van der Waals surface area contributed by atoms with Crippen molar-refractivity contribution in [1.29, 1.82) is 0 Å². The van der Waals surface area contributed by atoms with Crippen LogP contribution in [0.4, 0.5) is 0 Å². The third kappa shape index (κ3) is 2.35. The normalized spacial score (nSPS) is 12.3. The van der Waals surface area contributed by atoms with Gasteiger partial charge in [0.25, 0.3) is 0 Å². The Morgan fingerprint density at radius 1 is 1.29 bits per heavy atom. The van der Waals surface area contributed by atoms with Crippen molar-refractivity contribution in [3.63, 3.8) is 0 Å². The number of rotatable bonds is 4. The van der Waals surface area contributed by atoms with Crippen LogP contribution in [0.15, 0.2) is 18.2 Å². The summed E-state index contributed by atoms with van der Waals surface area (Å²) < 4.78 is 10.4. The second kappa shape index (κ2) is 5.15. The van der Waals surface area contributed by atoms with Gasteiger partial charge in [-0.25, -0.2) is 0 Å². The minimum absolute atomic E-state index is 0.388. The van der Waals surface area contributed by atoms with E-state index in [0.717, 1.165) is 17.3 Å². The Balaban J connectivity index is 3.04. The molecule has 0 aliphatic heterocycles. The molecule has 0 heterocycles. The Labute approximate surface area is 90.6 Å². The van der Waals surface area contributed by atoms with Gasteiger partial charge in [0, 0.05) is 6.07 Å². The van der Waals surface area contributed by atoms with Crippen molar-refractivity contribution in [3.8, 4) is 11.5 Å². The van der Waals surface area contributed by atoms with E-state index in [4.69, 9.17) is 9.47 Å². The van der Waals surface area contributed by atoms with Crippen LogP contribution < -0.4 is 9.47 Å². The fourth-order valence-electron chi connectivity index (χ4n) is 1.32. The van der Waals surface area contributed by atoms with Crippen molar-refractivity contribution in [2.45, 2.75) is 12.8 Å². The van der Waals surface area contributed by atoms with Crippen LogP contribution in [0, 0.1) is 0 Å². The van der Waals surface area contributed by atoms with Crippen molar-refractivity contribution in [3.05, 3.63) is 23.8 Å². The SMILES string of the molecule is COc1ccc(C(C)CS)c(OC)c1. The Kier molecular flexibility index (Phi) is 4.14. The Morgan fingerprint density at radius 2 is 2.00 bits per heavy atom. The van der Waals surface area contributed by atoms with Gasteiger partial charge in [0.2, 0.25) is 0 Å². The minimum Gasteiger partial charge on any atom is -0.497 e. The quantitative estimate of drug-likeness (QED) is 0.774. The van der Waals surface area contributed by atoms with Crippen LogP contribution in [0.2, 0.25) is 0 Å². The maximum absolute atomic E-state index is 5.30. The fraction of sp³-hybridized carbons (Fsp3) is 0.455. The number of hydrogen-bond donors (Lipinski definition) is 1. The lowest BCUT2D eigenvalue weighted by atomic mass is 10.0. The summed E-state index contributed by atoms with van der Waals surface area (Å²) in [6, 6.07) is 5.87. The molecular weight excluding hydrogens is 196 g/mol. The van der Waals surface area contributed by atoms with Gasteiger partial charge in [0.1, 0.15) is 11.5 Å². The molecule has 78 valence electrons. The van der Waals surface area contributed by atoms with Gasteiger partial charge in [-0.05, 0) is 23.3 Å². The highest BCUT2D eigenvalue weighted by atomic mass is 32.1. The molecule has 14 heavy (non-hydrogen) atoms. The first-order valence-corrected chi connectivity index (χ1v) is 5.19. The fourth-order valence-corrected chi connectivity index (χ4v) is 1.52. The lowest BCUT2D eigenvalue weighted by Crippen LogP contribution is -1.99. The van der Waals surface area contributed by atoms with E-state index in [-0.39, 0.29) is 0 Å². The summed E-state index contributed by atoms with van der Waals surface area (Å²) in [4.78, 5) is 0. The molecule has 0 aromatic heterocycles. The highest BCUT2D eigenvalue weighted by Crippen LogP contribution is 2.30. The monoisotopic (exact) mass is 212 g/mol. The summed E-state index contributed by atoms with van der Waals surface area (Å²) >= 11 is 4.27. The topological polar surface area (TPSA) is 18.5 Å². The molecule has 0 amide bonds. The lowest BCUT2D eigenvalue weighted by Gasteiger charge is -2.14. The molecule has 1 unspecified atom stereocenters. The van der Waals surface area contributed by atoms with Gasteiger partial charge < -0.3 is 9.47 Å². The molecule has 0 aliphatic carbocycles. The van der Waals surface area contributed by atoms with Crippen LogP contribution in [0.5, 0.6) is 11.5 Å². The van der Waals surface area contributed by atoms with Crippen molar-refractivity contribution < 1.29 is 9.47 Å². The maximum Gasteiger partial charge on any atom is 0.126 e. The van der Waals surface area contributed by atoms with Gasteiger partial charge in [0.15, 0.2) is 0 Å². The third-order valence-corrected chi connectivity index (χ3v) is 2.79. The van der Waals surface area contributed by atoms with E-state index in [2.05, 4.69) is 19.6 Å². The highest BCUT2D eigenvalue weighted by molar-refractivity contribution is 7.80. The molecule has 0 aliphatic rings. The third-order valence-electron chi connectivity index (χ3n) is 2.25. The lowest BCUT2D eigenvalue weighted by molar-refractivity contribution is 0.390. The van der Waals surface area contributed by atoms with Crippen molar-refractivity contribution in [2.24, 2.45) is 0 Å². The first-order chi connectivity index (χ1) is 6.72. The van der Waals surface area contributed by atoms with E-state index in [1.54, 1.807) is 14.2 Å². The van der Waals surface area contributed by atoms with Crippen LogP contribution in [-0.2, 0) is 0 Å². The van der Waals surface area contributed by atoms with Gasteiger partial charge in [-0.15, -0.1) is 0 Å². The molecule has 1 rings (SSSR count). The number of hydrogen-bond acceptors (Lipinski definition) is 3. The van der Waals surface area contributed by atoms with E-state index < -0.39 is 0 Å². The Hall–Kier alpha value is -0.830. The largest absolute Gasteiger partial charge is 0.497 e. The maximum atomic E-state index is 5.30. The molecule has 0 N–H and O–H groups in total. The van der Waals surface area contributed by atoms with Crippen molar-refractivity contribution >= 4 is 12.6 Å². The molecule has 0 spiro atoms. The van der Waals surface area contributed by atoms with Crippen molar-refractivity contribution in [2.75, 3.05) is 20.0 Å². The predicted octanol–water partition coefficient (Wildman–Crippen LogP) is 2.74. The zero-order chi connectivity index (χ0) is 10.6. The molecule has 0 bridgehead atoms. The molecule has 1 atom stereocenters. The average Bonchev–Trinajstić information content (AvgIpc) is 2.27. The van der Waals surface area contributed by atoms with E-state index >= 15 is 0 Å². The van der Waals surface area contributed by atoms with Crippen LogP contribution in [0.3, 0.4) is 0 Å². The number of methoxy groups -OCH3 is 2. The molecule has 3 heteroatoms. The van der Waals surface area contributed by atoms with Gasteiger partial charge >= 0.3 is 0 Å². The molecule has 1 aromatic rings. The number of thiol groups is 1. The van der Waals surface area contributed by atoms with Gasteiger partial charge in [-0.3, -0.25) is 0 Å². The summed E-state index contributed by atoms with van der Waals surface area (Å²) in [5.74, 6) is 2.88. The molecule has 0 saturated heterocycles. The Bertz CT molecular complexity index is 299. The predicted molar refractivity (Wildman–Crippen MR) is 61.8 cm³/mol. The van der Waals surface area contributed by atoms with Crippen LogP contribution >= 0.6 is 12.6 Å². The Morgan fingerprint density at radius 3 is 2.50 bits per heavy atom. The molecule has 2 nitrogen and oxygen atoms in total. The second-order valence-corrected chi connectivity index (χ2v) is 3.56. The standard InChI is InChI=1S/C11H16O2S/c1-8(7-14)10-5-4-9(12-2)6-11(10)13-3/h4-6,8,14H,7H2,1-3H3. The van der Waals surface area contributed by atoms with Crippen LogP contribution in [0.25, 0.3) is 0 Å². The van der Waals surface area contributed by atoms with Gasteiger partial charge in [-0.2, -0.15) is 12.6 Å². The summed E-state index contributed by atoms with van der Waals surface area (Å²) in [5, 5.41) is 0. The molecule has 1 aromatic carbocycles. The summed E-state index contributed by atoms with van der Waals surface area (Å²) in [6.07, 6.45) is 0. The smallest absolute Gasteiger partial charge is 0.126 e. The zero-order valence-electron chi connectivity index (χ0n) is 8.78. The van der Waals surface area contributed by atoms with E-state index in [0.29, 0.717) is 5.92 Å². The van der Waals surface area contributed by atoms with Gasteiger partial charge in [-0.1, -0.05) is 13.0 Å². The zero-order valence-corrected chi connectivity index (χ0v) is 9.67. The first kappa shape index (κ1) is 11.2. The second-order valence-electron chi connectivity index (χ2n) is 3.19. The van der Waals surface area contributed by atoms with E-state index in [9.17, 15) is 0 Å². The summed E-state index contributed by atoms with van der Waals surface area (Å²) in [6.45, 7) is 2.12. The molecule has 0 radical (unpaired) electrons. The van der Waals surface area contributed by atoms with Gasteiger partial charge in [0.05, 0.1) is 14.2 Å². The van der Waals surface area contributed by atoms with Crippen LogP contribution in [-0.4, -0.2) is 20.0 Å².